The average molecular weight is 2100 g/mol. The van der Waals surface area contributed by atoms with Gasteiger partial charge in [0.25, 0.3) is 0 Å². The first kappa shape index (κ1) is 121. The summed E-state index contributed by atoms with van der Waals surface area (Å²) in [7, 11) is 3.24. The highest BCUT2D eigenvalue weighted by atomic mass is 33.1. The predicted octanol–water partition coefficient (Wildman–Crippen LogP) is -8.90. The summed E-state index contributed by atoms with van der Waals surface area (Å²) in [6, 6.07) is -9.72. The normalized spacial score (nSPS) is 20.8. The highest BCUT2D eigenvalue weighted by Gasteiger charge is 2.43. The maximum Gasteiger partial charge on any atom is 0.245 e. The minimum Gasteiger partial charge on any atom is -0.508 e. The second-order valence-electron chi connectivity index (χ2n) is 35.4. The number of amides is 18. The van der Waals surface area contributed by atoms with Crippen LogP contribution in [0.2, 0.25) is 0 Å². The van der Waals surface area contributed by atoms with Gasteiger partial charge in [-0.1, -0.05) is 127 Å². The van der Waals surface area contributed by atoms with Crippen molar-refractivity contribution in [2.24, 2.45) is 57.9 Å². The molecule has 0 unspecified atom stereocenters. The number of aromatic hydroxyl groups is 1. The monoisotopic (exact) mass is 2100 g/mol. The zero-order valence-electron chi connectivity index (χ0n) is 81.3. The van der Waals surface area contributed by atoms with Crippen LogP contribution < -0.4 is 152 Å². The summed E-state index contributed by atoms with van der Waals surface area (Å²) in [6.45, 7) is 7.65. The van der Waals surface area contributed by atoms with Crippen LogP contribution in [-0.2, 0) is 99.1 Å². The number of guanidine groups is 5. The topological polar surface area (TPSA) is 885 Å². The van der Waals surface area contributed by atoms with E-state index >= 15 is 47.9 Å². The molecule has 2 bridgehead atoms. The molecule has 3 aliphatic heterocycles. The van der Waals surface area contributed by atoms with Crippen molar-refractivity contribution in [1.29, 1.82) is 27.0 Å². The highest BCUT2D eigenvalue weighted by molar-refractivity contribution is 8.77. The number of nitrogens with one attached hydrogen (secondary N) is 26. The first-order chi connectivity index (χ1) is 68.2. The molecule has 3 saturated heterocycles. The molecule has 2 aromatic rings. The number of primary amides is 1. The fourth-order valence-electron chi connectivity index (χ4n) is 14.7. The van der Waals surface area contributed by atoms with Crippen LogP contribution >= 0.6 is 43.2 Å². The van der Waals surface area contributed by atoms with Gasteiger partial charge in [-0.2, -0.15) is 0 Å². The van der Waals surface area contributed by atoms with Crippen LogP contribution in [0.25, 0.3) is 0 Å². The second kappa shape index (κ2) is 63.4. The van der Waals surface area contributed by atoms with Crippen molar-refractivity contribution in [3.05, 3.63) is 65.7 Å². The Hall–Kier alpha value is -13.6. The third kappa shape index (κ3) is 45.3. The second-order valence-corrected chi connectivity index (χ2v) is 40.5. The van der Waals surface area contributed by atoms with Gasteiger partial charge in [-0.3, -0.25) is 113 Å². The van der Waals surface area contributed by atoms with E-state index < -0.39 is 282 Å². The number of hydrogen-bond donors (Lipinski definition) is 34. The molecule has 3 heterocycles. The van der Waals surface area contributed by atoms with Crippen molar-refractivity contribution in [2.45, 2.75) is 228 Å². The molecule has 144 heavy (non-hydrogen) atoms. The number of nitrogens with two attached hydrogens (primary N) is 7. The molecule has 2 aromatic carbocycles. The SMILES string of the molecule is CC(C)C[C@H](NC(=O)[C@H](CCCNC(=N)N)NC(=O)CNC(=O)CNC(=O)[C@@H](N)CCCNC(=N)N)C(=O)N[C@H]1CSSC[C@@H](C(=O)N[C@H](C(=O)NCC(=O)N[C@@H](CCCNC(=N)N)C(N)=O)C(C)C)NC(=O)[C@H](C(C)C)NC(=O)[C@@H]2CSSC[C@H](NC(=O)[C@H](Cc3ccc(O)cc3)NC1=O)C(=O)N[C@@H](CCCNC(=N)N)C(=O)N1CCC[C@H]1C(=O)N[C@@H](CCCNC(=N)N)C(=O)N[C@@H](Cc1ccccc1)C(=O)N2. The van der Waals surface area contributed by atoms with Crippen molar-refractivity contribution in [1.82, 2.24) is 117 Å². The number of phenols is 1. The number of nitrogens with zero attached hydrogens (tertiary/aromatic N) is 1. The lowest BCUT2D eigenvalue weighted by atomic mass is 10.0. The molecule has 0 radical (unpaired) electrons. The molecular formula is C87H142N34O19S4. The summed E-state index contributed by atoms with van der Waals surface area (Å²) < 4.78 is 0. The third-order valence-corrected chi connectivity index (χ3v) is 27.2. The number of fused-ring (bicyclic) bond motifs is 6. The smallest absolute Gasteiger partial charge is 0.245 e. The molecule has 15 atom stereocenters. The van der Waals surface area contributed by atoms with Gasteiger partial charge in [0.2, 0.25) is 106 Å². The van der Waals surface area contributed by atoms with Gasteiger partial charge in [-0.25, -0.2) is 0 Å². The lowest BCUT2D eigenvalue weighted by Crippen LogP contribution is -2.62. The molecule has 18 amide bonds. The number of carbonyl (C=O) groups is 18. The van der Waals surface area contributed by atoms with Gasteiger partial charge in [0, 0.05) is 75.1 Å². The van der Waals surface area contributed by atoms with Gasteiger partial charge in [-0.15, -0.1) is 0 Å². The van der Waals surface area contributed by atoms with E-state index in [4.69, 9.17) is 67.2 Å². The minimum atomic E-state index is -1.84. The van der Waals surface area contributed by atoms with Gasteiger partial charge in [0.1, 0.15) is 90.3 Å². The fraction of sp³-hybridized carbons (Fsp3) is 0.598. The van der Waals surface area contributed by atoms with Gasteiger partial charge in [-0.05, 0) is 124 Å². The van der Waals surface area contributed by atoms with E-state index in [1.807, 2.05) is 0 Å². The Kier molecular flexibility index (Phi) is 53.3. The van der Waals surface area contributed by atoms with Gasteiger partial charge < -0.3 is 162 Å². The zero-order valence-corrected chi connectivity index (χ0v) is 84.6. The van der Waals surface area contributed by atoms with Crippen molar-refractivity contribution in [3.63, 3.8) is 0 Å². The summed E-state index contributed by atoms with van der Waals surface area (Å²) in [5, 5.41) is 104. The molecule has 3 aliphatic rings. The molecule has 41 N–H and O–H groups in total. The molecule has 0 aromatic heterocycles. The van der Waals surface area contributed by atoms with Gasteiger partial charge in [0.05, 0.1) is 25.7 Å². The van der Waals surface area contributed by atoms with Crippen LogP contribution in [0.1, 0.15) is 136 Å². The van der Waals surface area contributed by atoms with Crippen molar-refractivity contribution >= 4 is 179 Å². The lowest BCUT2D eigenvalue weighted by Gasteiger charge is -2.32. The van der Waals surface area contributed by atoms with Crippen LogP contribution in [0.5, 0.6) is 5.75 Å². The summed E-state index contributed by atoms with van der Waals surface area (Å²) in [5.74, 6) is -23.7. The van der Waals surface area contributed by atoms with Crippen molar-refractivity contribution < 1.29 is 91.4 Å². The van der Waals surface area contributed by atoms with Crippen LogP contribution in [0.3, 0.4) is 0 Å². The quantitative estimate of drug-likeness (QED) is 0.0127. The molecule has 5 rings (SSSR count). The third-order valence-electron chi connectivity index (χ3n) is 22.4. The van der Waals surface area contributed by atoms with E-state index in [-0.39, 0.29) is 146 Å². The molecular weight excluding hydrogens is 1950 g/mol. The Labute approximate surface area is 849 Å². The Bertz CT molecular complexity index is 4770. The lowest BCUT2D eigenvalue weighted by molar-refractivity contribution is -0.142. The largest absolute Gasteiger partial charge is 0.508 e. The van der Waals surface area contributed by atoms with Crippen molar-refractivity contribution in [3.8, 4) is 5.75 Å². The van der Waals surface area contributed by atoms with E-state index in [1.165, 1.54) is 56.9 Å². The van der Waals surface area contributed by atoms with Gasteiger partial charge >= 0.3 is 0 Å². The first-order valence-electron chi connectivity index (χ1n) is 47.0. The van der Waals surface area contributed by atoms with E-state index in [2.05, 4.69) is 112 Å². The number of phenolic OH excluding ortho intramolecular Hbond substituents is 1. The Morgan fingerprint density at radius 1 is 0.438 bits per heavy atom. The van der Waals surface area contributed by atoms with Crippen LogP contribution in [0, 0.1) is 44.8 Å². The predicted molar refractivity (Wildman–Crippen MR) is 543 cm³/mol. The summed E-state index contributed by atoms with van der Waals surface area (Å²) >= 11 is 0. The zero-order chi connectivity index (χ0) is 107. The average Bonchev–Trinajstić information content (AvgIpc) is 1.65. The van der Waals surface area contributed by atoms with Crippen LogP contribution in [0.4, 0.5) is 0 Å². The highest BCUT2D eigenvalue weighted by Crippen LogP contribution is 2.28. The summed E-state index contributed by atoms with van der Waals surface area (Å²) in [4.78, 5) is 265. The first-order valence-corrected chi connectivity index (χ1v) is 52.0. The summed E-state index contributed by atoms with van der Waals surface area (Å²) in [6.07, 6.45) is -0.382. The van der Waals surface area contributed by atoms with E-state index in [1.54, 1.807) is 44.2 Å². The van der Waals surface area contributed by atoms with E-state index in [9.17, 15) is 43.5 Å². The maximum atomic E-state index is 15.8. The summed E-state index contributed by atoms with van der Waals surface area (Å²) in [5.41, 5.74) is 39.9. The van der Waals surface area contributed by atoms with Crippen LogP contribution in [-0.4, -0.2) is 319 Å². The number of hydrogen-bond acceptors (Lipinski definition) is 29. The molecule has 57 heteroatoms. The van der Waals surface area contributed by atoms with Crippen molar-refractivity contribution in [2.75, 3.05) is 81.9 Å². The number of benzene rings is 2. The molecule has 3 fully saturated rings. The number of carbonyl (C=O) groups excluding carboxylic acids is 18. The van der Waals surface area contributed by atoms with Crippen LogP contribution in [0.15, 0.2) is 54.6 Å². The van der Waals surface area contributed by atoms with E-state index in [0.29, 0.717) is 12.0 Å². The molecule has 0 saturated carbocycles. The fourth-order valence-corrected chi connectivity index (χ4v) is 19.4. The van der Waals surface area contributed by atoms with E-state index in [0.717, 1.165) is 43.2 Å². The van der Waals surface area contributed by atoms with Gasteiger partial charge in [0.15, 0.2) is 29.8 Å². The number of rotatable bonds is 45. The molecule has 0 aliphatic carbocycles. The Morgan fingerprint density at radius 3 is 1.43 bits per heavy atom. The Balaban J connectivity index is 1.73. The molecule has 0 spiro atoms. The standard InChI is InChI=1S/C87H142N34O19S4/c1-44(2)34-55(112-70(128)52(20-12-30-102-85(94)95)109-64(124)38-105-63(123)37-106-69(127)50(88)18-10-28-100-83(90)91)72(130)115-59-41-142-144-43-61(78(136)119-66(45(3)4)80(138)107-39-65(125)108-51(68(89)126)19-11-29-101-84(92)93)118-81(139)67(46(5)6)120-77(135)60-42-143-141-40-58(116-74(132)57(114-76(59)134)36-48-24-26-49(122)27-25-48)75(133)111-54(22-14-32-104-87(98)99)82(140)121-33-15-23-62(121)79(137)110-53(21-13-31-103-86(96)97)71(129)113-56(73(131)117-60)35-47-16-8-7-9-17-47/h7-9,16-17,24-27,44-46,50-62,66-67,122H,10-15,18-23,28-43,88H2,1-6H3,(H2,89,126)(H,105,123)(H,106,127)(H,107,138)(H,108,125)(H,109,124)(H,110,137)(H,111,133)(H,112,128)(H,113,129)(H,114,134)(H,115,130)(H,116,132)(H,117,131)(H,118,139)(H,119,136)(H,120,135)(H4,90,91,100)(H4,92,93,101)(H4,94,95,102)(H4,96,97,103)(H4,98,99,104)/t50-,51-,52-,53-,54-,55-,56-,57-,58-,59-,60-,61-,62-,66-,67-/m0/s1. The minimum absolute atomic E-state index is 0.00668. The Morgan fingerprint density at radius 2 is 0.896 bits per heavy atom. The molecule has 53 nitrogen and oxygen atoms in total. The molecule has 798 valence electrons. The maximum absolute atomic E-state index is 15.8.